The number of carbonyl (C=O) groups excluding carboxylic acids is 1. The van der Waals surface area contributed by atoms with Gasteiger partial charge in [0.1, 0.15) is 0 Å². The van der Waals surface area contributed by atoms with Gasteiger partial charge in [-0.1, -0.05) is 24.3 Å². The van der Waals surface area contributed by atoms with Crippen molar-refractivity contribution < 1.29 is 4.79 Å². The summed E-state index contributed by atoms with van der Waals surface area (Å²) in [4.78, 5) is 16.0. The first-order valence-corrected chi connectivity index (χ1v) is 7.29. The number of nitrogens with one attached hydrogen (secondary N) is 1. The van der Waals surface area contributed by atoms with E-state index in [9.17, 15) is 4.79 Å². The van der Waals surface area contributed by atoms with Crippen molar-refractivity contribution in [3.8, 4) is 0 Å². The zero-order valence-electron chi connectivity index (χ0n) is 10.3. The molecule has 4 heteroatoms. The topological polar surface area (TPSA) is 42.0 Å². The van der Waals surface area contributed by atoms with Crippen LogP contribution in [0.15, 0.2) is 36.4 Å². The molecule has 0 spiro atoms. The molecular formula is C14H16N2OS. The largest absolute Gasteiger partial charge is 0.350 e. The fourth-order valence-electron chi connectivity index (χ4n) is 1.68. The van der Waals surface area contributed by atoms with E-state index in [1.54, 1.807) is 11.8 Å². The molecule has 0 radical (unpaired) electrons. The minimum absolute atomic E-state index is 0.0827. The molecule has 1 aromatic heterocycles. The smallest absolute Gasteiger partial charge is 0.221 e. The number of carbonyl (C=O) groups is 1. The van der Waals surface area contributed by atoms with E-state index in [4.69, 9.17) is 0 Å². The summed E-state index contributed by atoms with van der Waals surface area (Å²) < 4.78 is 0. The lowest BCUT2D eigenvalue weighted by Gasteiger charge is -2.05. The van der Waals surface area contributed by atoms with Crippen molar-refractivity contribution in [3.05, 3.63) is 42.1 Å². The summed E-state index contributed by atoms with van der Waals surface area (Å²) in [5.74, 6) is 0.941. The quantitative estimate of drug-likeness (QED) is 0.898. The van der Waals surface area contributed by atoms with Crippen molar-refractivity contribution in [2.45, 2.75) is 13.0 Å². The number of hydrogen-bond acceptors (Lipinski definition) is 3. The normalized spacial score (nSPS) is 10.5. The van der Waals surface area contributed by atoms with Gasteiger partial charge in [0.05, 0.1) is 17.8 Å². The van der Waals surface area contributed by atoms with Crippen molar-refractivity contribution in [3.63, 3.8) is 0 Å². The maximum atomic E-state index is 11.5. The SMILES string of the molecule is CSCCC(=O)NCc1ccc2ccccc2n1. The van der Waals surface area contributed by atoms with Gasteiger partial charge in [-0.15, -0.1) is 0 Å². The molecule has 0 aliphatic heterocycles. The summed E-state index contributed by atoms with van der Waals surface area (Å²) in [5, 5.41) is 4.00. The molecule has 1 N–H and O–H groups in total. The molecule has 1 amide bonds. The number of thioether (sulfide) groups is 1. The molecule has 94 valence electrons. The summed E-state index contributed by atoms with van der Waals surface area (Å²) >= 11 is 1.68. The van der Waals surface area contributed by atoms with Gasteiger partial charge in [-0.3, -0.25) is 9.78 Å². The molecule has 0 saturated carbocycles. The lowest BCUT2D eigenvalue weighted by Crippen LogP contribution is -2.23. The van der Waals surface area contributed by atoms with Crippen LogP contribution in [0.4, 0.5) is 0 Å². The molecule has 2 rings (SSSR count). The van der Waals surface area contributed by atoms with Crippen molar-refractivity contribution >= 4 is 28.6 Å². The van der Waals surface area contributed by atoms with Gasteiger partial charge < -0.3 is 5.32 Å². The number of hydrogen-bond donors (Lipinski definition) is 1. The van der Waals surface area contributed by atoms with Crippen molar-refractivity contribution in [1.29, 1.82) is 0 Å². The summed E-state index contributed by atoms with van der Waals surface area (Å²) in [5.41, 5.74) is 1.86. The van der Waals surface area contributed by atoms with E-state index in [2.05, 4.69) is 10.3 Å². The summed E-state index contributed by atoms with van der Waals surface area (Å²) in [6, 6.07) is 12.0. The highest BCUT2D eigenvalue weighted by Crippen LogP contribution is 2.11. The standard InChI is InChI=1S/C14H16N2OS/c1-18-9-8-14(17)15-10-12-7-6-11-4-2-3-5-13(11)16-12/h2-7H,8-10H2,1H3,(H,15,17). The Kier molecular flexibility index (Phi) is 4.59. The van der Waals surface area contributed by atoms with Crippen molar-refractivity contribution in [2.75, 3.05) is 12.0 Å². The van der Waals surface area contributed by atoms with Crippen LogP contribution in [-0.2, 0) is 11.3 Å². The second-order valence-corrected chi connectivity index (χ2v) is 5.00. The third-order valence-electron chi connectivity index (χ3n) is 2.66. The molecule has 0 bridgehead atoms. The average molecular weight is 260 g/mol. The predicted octanol–water partition coefficient (Wildman–Crippen LogP) is 2.60. The number of pyridine rings is 1. The van der Waals surface area contributed by atoms with E-state index in [-0.39, 0.29) is 5.91 Å². The molecule has 0 fully saturated rings. The van der Waals surface area contributed by atoms with Crippen LogP contribution in [0.25, 0.3) is 10.9 Å². The number of fused-ring (bicyclic) bond motifs is 1. The molecule has 1 aromatic carbocycles. The first-order valence-electron chi connectivity index (χ1n) is 5.90. The molecular weight excluding hydrogens is 244 g/mol. The fourth-order valence-corrected chi connectivity index (χ4v) is 2.07. The summed E-state index contributed by atoms with van der Waals surface area (Å²) in [6.07, 6.45) is 2.56. The molecule has 3 nitrogen and oxygen atoms in total. The second kappa shape index (κ2) is 6.40. The highest BCUT2D eigenvalue weighted by molar-refractivity contribution is 7.98. The van der Waals surface area contributed by atoms with Crippen LogP contribution in [-0.4, -0.2) is 22.9 Å². The number of amides is 1. The lowest BCUT2D eigenvalue weighted by atomic mass is 10.2. The van der Waals surface area contributed by atoms with Crippen LogP contribution < -0.4 is 5.32 Å². The minimum atomic E-state index is 0.0827. The van der Waals surface area contributed by atoms with Crippen LogP contribution >= 0.6 is 11.8 Å². The fraction of sp³-hybridized carbons (Fsp3) is 0.286. The van der Waals surface area contributed by atoms with Gasteiger partial charge in [-0.25, -0.2) is 0 Å². The molecule has 0 saturated heterocycles. The third kappa shape index (κ3) is 3.47. The number of nitrogens with zero attached hydrogens (tertiary/aromatic N) is 1. The zero-order valence-corrected chi connectivity index (χ0v) is 11.2. The molecule has 18 heavy (non-hydrogen) atoms. The Bertz CT molecular complexity index is 542. The second-order valence-electron chi connectivity index (χ2n) is 4.01. The Morgan fingerprint density at radius 2 is 2.11 bits per heavy atom. The van der Waals surface area contributed by atoms with Gasteiger partial charge in [0.2, 0.25) is 5.91 Å². The number of benzene rings is 1. The summed E-state index contributed by atoms with van der Waals surface area (Å²) in [7, 11) is 0. The molecule has 1 heterocycles. The molecule has 0 atom stereocenters. The Balaban J connectivity index is 1.97. The van der Waals surface area contributed by atoms with E-state index in [1.807, 2.05) is 42.7 Å². The molecule has 0 aliphatic rings. The number of rotatable bonds is 5. The Morgan fingerprint density at radius 3 is 2.94 bits per heavy atom. The van der Waals surface area contributed by atoms with E-state index in [0.29, 0.717) is 13.0 Å². The van der Waals surface area contributed by atoms with Gasteiger partial charge in [-0.2, -0.15) is 11.8 Å². The van der Waals surface area contributed by atoms with Gasteiger partial charge in [0, 0.05) is 17.6 Å². The zero-order chi connectivity index (χ0) is 12.8. The van der Waals surface area contributed by atoms with Crippen LogP contribution in [0.5, 0.6) is 0 Å². The third-order valence-corrected chi connectivity index (χ3v) is 3.27. The lowest BCUT2D eigenvalue weighted by molar-refractivity contribution is -0.120. The van der Waals surface area contributed by atoms with Crippen molar-refractivity contribution in [2.24, 2.45) is 0 Å². The van der Waals surface area contributed by atoms with Gasteiger partial charge >= 0.3 is 0 Å². The van der Waals surface area contributed by atoms with Crippen LogP contribution in [0.1, 0.15) is 12.1 Å². The Hall–Kier alpha value is -1.55. The maximum Gasteiger partial charge on any atom is 0.221 e. The minimum Gasteiger partial charge on any atom is -0.350 e. The van der Waals surface area contributed by atoms with Crippen LogP contribution in [0.3, 0.4) is 0 Å². The summed E-state index contributed by atoms with van der Waals surface area (Å²) in [6.45, 7) is 0.498. The van der Waals surface area contributed by atoms with Crippen LogP contribution in [0, 0.1) is 0 Å². The first-order chi connectivity index (χ1) is 8.79. The Morgan fingerprint density at radius 1 is 1.28 bits per heavy atom. The van der Waals surface area contributed by atoms with Gasteiger partial charge in [0.25, 0.3) is 0 Å². The first kappa shape index (κ1) is 12.9. The Labute approximate surface area is 111 Å². The number of aromatic nitrogens is 1. The van der Waals surface area contributed by atoms with Gasteiger partial charge in [0.15, 0.2) is 0 Å². The van der Waals surface area contributed by atoms with E-state index in [1.165, 1.54) is 0 Å². The molecule has 2 aromatic rings. The average Bonchev–Trinajstić information content (AvgIpc) is 2.42. The molecule has 0 aliphatic carbocycles. The monoisotopic (exact) mass is 260 g/mol. The van der Waals surface area contributed by atoms with Crippen LogP contribution in [0.2, 0.25) is 0 Å². The number of para-hydroxylation sites is 1. The van der Waals surface area contributed by atoms with E-state index in [0.717, 1.165) is 22.3 Å². The highest BCUT2D eigenvalue weighted by atomic mass is 32.2. The van der Waals surface area contributed by atoms with E-state index < -0.39 is 0 Å². The maximum absolute atomic E-state index is 11.5. The van der Waals surface area contributed by atoms with E-state index >= 15 is 0 Å². The molecule has 0 unspecified atom stereocenters. The highest BCUT2D eigenvalue weighted by Gasteiger charge is 2.02. The predicted molar refractivity (Wildman–Crippen MR) is 76.6 cm³/mol. The van der Waals surface area contributed by atoms with Gasteiger partial charge in [-0.05, 0) is 18.4 Å². The van der Waals surface area contributed by atoms with Crippen molar-refractivity contribution in [1.82, 2.24) is 10.3 Å².